The largest absolute Gasteiger partial charge is 0.497 e. The van der Waals surface area contributed by atoms with Crippen molar-refractivity contribution in [2.45, 2.75) is 18.9 Å². The van der Waals surface area contributed by atoms with Crippen molar-refractivity contribution in [3.05, 3.63) is 65.4 Å². The van der Waals surface area contributed by atoms with Gasteiger partial charge in [0.15, 0.2) is 11.5 Å². The summed E-state index contributed by atoms with van der Waals surface area (Å²) in [6, 6.07) is 13.7. The summed E-state index contributed by atoms with van der Waals surface area (Å²) < 4.78 is 10.5. The highest BCUT2D eigenvalue weighted by Crippen LogP contribution is 2.23. The first kappa shape index (κ1) is 27.8. The lowest BCUT2D eigenvalue weighted by Gasteiger charge is -2.33. The number of nitrogens with one attached hydrogen (secondary N) is 2. The Bertz CT molecular complexity index is 1390. The standard InChI is InChI=1S/C28H32N8O5/c1-40-22-10-6-18(7-11-22)26(38)31-21-3-2-12-36(17-21)28-32-25(23(24(29)37)33-34-28)30-20-8-4-19(5-9-20)27(39)35-13-15-41-16-14-35/h4-11,21H,2-3,12-17H2,1H3,(H2,29,37)(H,31,38)(H,30,32,34)/t21-/m1/s1. The molecule has 0 saturated carbocycles. The minimum absolute atomic E-state index is 0.0672. The lowest BCUT2D eigenvalue weighted by Crippen LogP contribution is -2.48. The number of methoxy groups -OCH3 is 1. The Morgan fingerprint density at radius 1 is 0.976 bits per heavy atom. The van der Waals surface area contributed by atoms with Crippen molar-refractivity contribution in [3.63, 3.8) is 0 Å². The zero-order chi connectivity index (χ0) is 28.8. The normalized spacial score (nSPS) is 17.0. The third-order valence-electron chi connectivity index (χ3n) is 6.99. The van der Waals surface area contributed by atoms with Gasteiger partial charge in [-0.2, -0.15) is 4.98 Å². The number of carbonyl (C=O) groups is 3. The lowest BCUT2D eigenvalue weighted by atomic mass is 10.1. The first-order valence-corrected chi connectivity index (χ1v) is 13.4. The minimum Gasteiger partial charge on any atom is -0.497 e. The smallest absolute Gasteiger partial charge is 0.273 e. The SMILES string of the molecule is COc1ccc(C(=O)N[C@@H]2CCCN(c3nnc(C(N)=O)c(Nc4ccc(C(=O)N5CCOCC5)cc4)n3)C2)cc1. The predicted octanol–water partition coefficient (Wildman–Crippen LogP) is 1.59. The molecule has 2 saturated heterocycles. The van der Waals surface area contributed by atoms with Gasteiger partial charge in [0.05, 0.1) is 20.3 Å². The number of piperidine rings is 1. The van der Waals surface area contributed by atoms with Gasteiger partial charge in [-0.25, -0.2) is 0 Å². The Hall–Kier alpha value is -4.78. The van der Waals surface area contributed by atoms with Crippen LogP contribution in [0.2, 0.25) is 0 Å². The Balaban J connectivity index is 1.27. The summed E-state index contributed by atoms with van der Waals surface area (Å²) in [5, 5.41) is 14.3. The fraction of sp³-hybridized carbons (Fsp3) is 0.357. The number of nitrogens with zero attached hydrogens (tertiary/aromatic N) is 5. The monoisotopic (exact) mass is 560 g/mol. The van der Waals surface area contributed by atoms with E-state index < -0.39 is 5.91 Å². The summed E-state index contributed by atoms with van der Waals surface area (Å²) in [6.45, 7) is 3.28. The lowest BCUT2D eigenvalue weighted by molar-refractivity contribution is 0.0303. The fourth-order valence-electron chi connectivity index (χ4n) is 4.77. The van der Waals surface area contributed by atoms with Crippen molar-refractivity contribution in [2.24, 2.45) is 5.73 Å². The Morgan fingerprint density at radius 3 is 2.37 bits per heavy atom. The van der Waals surface area contributed by atoms with Crippen molar-refractivity contribution in [1.29, 1.82) is 0 Å². The first-order valence-electron chi connectivity index (χ1n) is 13.4. The van der Waals surface area contributed by atoms with Gasteiger partial charge >= 0.3 is 0 Å². The molecule has 4 N–H and O–H groups in total. The number of morpholine rings is 1. The second kappa shape index (κ2) is 12.6. The van der Waals surface area contributed by atoms with E-state index in [2.05, 4.69) is 25.8 Å². The number of benzene rings is 2. The number of aromatic nitrogens is 3. The Morgan fingerprint density at radius 2 is 1.68 bits per heavy atom. The second-order valence-corrected chi connectivity index (χ2v) is 9.77. The van der Waals surface area contributed by atoms with E-state index in [1.807, 2.05) is 4.90 Å². The van der Waals surface area contributed by atoms with Gasteiger partial charge in [-0.05, 0) is 61.4 Å². The van der Waals surface area contributed by atoms with E-state index in [1.165, 1.54) is 0 Å². The summed E-state index contributed by atoms with van der Waals surface area (Å²) in [6.07, 6.45) is 1.60. The molecule has 2 fully saturated rings. The third kappa shape index (κ3) is 6.69. The molecule has 1 aromatic heterocycles. The second-order valence-electron chi connectivity index (χ2n) is 9.77. The first-order chi connectivity index (χ1) is 19.9. The van der Waals surface area contributed by atoms with Gasteiger partial charge in [0, 0.05) is 49.0 Å². The molecule has 214 valence electrons. The van der Waals surface area contributed by atoms with Crippen molar-refractivity contribution >= 4 is 35.2 Å². The van der Waals surface area contributed by atoms with Gasteiger partial charge in [-0.15, -0.1) is 10.2 Å². The maximum absolute atomic E-state index is 12.8. The molecule has 2 aliphatic heterocycles. The van der Waals surface area contributed by atoms with Gasteiger partial charge < -0.3 is 35.6 Å². The highest BCUT2D eigenvalue weighted by molar-refractivity contribution is 5.97. The summed E-state index contributed by atoms with van der Waals surface area (Å²) in [5.74, 6) is 0.111. The van der Waals surface area contributed by atoms with Crippen LogP contribution in [0.15, 0.2) is 48.5 Å². The molecule has 13 heteroatoms. The molecule has 41 heavy (non-hydrogen) atoms. The number of carbonyl (C=O) groups excluding carboxylic acids is 3. The summed E-state index contributed by atoms with van der Waals surface area (Å²) in [7, 11) is 1.57. The summed E-state index contributed by atoms with van der Waals surface area (Å²) in [4.78, 5) is 45.8. The van der Waals surface area contributed by atoms with E-state index in [1.54, 1.807) is 60.5 Å². The molecule has 0 unspecified atom stereocenters. The van der Waals surface area contributed by atoms with Crippen LogP contribution in [-0.4, -0.2) is 90.3 Å². The fourth-order valence-corrected chi connectivity index (χ4v) is 4.77. The topological polar surface area (TPSA) is 165 Å². The Labute approximate surface area is 237 Å². The van der Waals surface area contributed by atoms with Crippen molar-refractivity contribution in [2.75, 3.05) is 56.7 Å². The molecule has 3 amide bonds. The molecule has 13 nitrogen and oxygen atoms in total. The van der Waals surface area contributed by atoms with Gasteiger partial charge in [-0.3, -0.25) is 14.4 Å². The van der Waals surface area contributed by atoms with E-state index >= 15 is 0 Å². The van der Waals surface area contributed by atoms with Gasteiger partial charge in [0.2, 0.25) is 5.95 Å². The van der Waals surface area contributed by atoms with Crippen molar-refractivity contribution in [3.8, 4) is 5.75 Å². The van der Waals surface area contributed by atoms with Crippen molar-refractivity contribution < 1.29 is 23.9 Å². The number of hydrogen-bond acceptors (Lipinski definition) is 10. The molecule has 2 aromatic carbocycles. The maximum Gasteiger partial charge on any atom is 0.273 e. The van der Waals surface area contributed by atoms with Crippen LogP contribution in [-0.2, 0) is 4.74 Å². The van der Waals surface area contributed by atoms with Crippen LogP contribution in [0.25, 0.3) is 0 Å². The number of hydrogen-bond donors (Lipinski definition) is 3. The van der Waals surface area contributed by atoms with E-state index in [4.69, 9.17) is 15.2 Å². The average molecular weight is 561 g/mol. The molecule has 0 radical (unpaired) electrons. The van der Waals surface area contributed by atoms with Crippen LogP contribution in [0.5, 0.6) is 5.75 Å². The molecule has 0 aliphatic carbocycles. The number of amides is 3. The molecule has 5 rings (SSSR count). The molecule has 0 spiro atoms. The van der Waals surface area contributed by atoms with E-state index in [0.717, 1.165) is 12.8 Å². The van der Waals surface area contributed by atoms with Gasteiger partial charge in [0.25, 0.3) is 17.7 Å². The molecule has 3 aromatic rings. The highest BCUT2D eigenvalue weighted by Gasteiger charge is 2.26. The third-order valence-corrected chi connectivity index (χ3v) is 6.99. The number of rotatable bonds is 8. The summed E-state index contributed by atoms with van der Waals surface area (Å²) >= 11 is 0. The zero-order valence-electron chi connectivity index (χ0n) is 22.7. The van der Waals surface area contributed by atoms with E-state index in [9.17, 15) is 14.4 Å². The van der Waals surface area contributed by atoms with Crippen LogP contribution < -0.4 is 26.0 Å². The molecule has 1 atom stereocenters. The molecular formula is C28H32N8O5. The quantitative estimate of drug-likeness (QED) is 0.368. The van der Waals surface area contributed by atoms with Crippen molar-refractivity contribution in [1.82, 2.24) is 25.4 Å². The van der Waals surface area contributed by atoms with Gasteiger partial charge in [-0.1, -0.05) is 0 Å². The summed E-state index contributed by atoms with van der Waals surface area (Å²) in [5.41, 5.74) is 7.12. The minimum atomic E-state index is -0.776. The number of nitrogens with two attached hydrogens (primary N) is 1. The van der Waals surface area contributed by atoms with Crippen LogP contribution in [0.1, 0.15) is 44.0 Å². The number of anilines is 3. The Kier molecular flexibility index (Phi) is 8.53. The van der Waals surface area contributed by atoms with E-state index in [0.29, 0.717) is 67.9 Å². The highest BCUT2D eigenvalue weighted by atomic mass is 16.5. The predicted molar refractivity (Wildman–Crippen MR) is 150 cm³/mol. The van der Waals surface area contributed by atoms with Crippen LogP contribution in [0, 0.1) is 0 Å². The average Bonchev–Trinajstić information content (AvgIpc) is 3.01. The van der Waals surface area contributed by atoms with Crippen LogP contribution in [0.3, 0.4) is 0 Å². The number of primary amides is 1. The van der Waals surface area contributed by atoms with Crippen LogP contribution in [0.4, 0.5) is 17.5 Å². The van der Waals surface area contributed by atoms with Crippen LogP contribution >= 0.6 is 0 Å². The maximum atomic E-state index is 12.8. The van der Waals surface area contributed by atoms with Gasteiger partial charge in [0.1, 0.15) is 5.75 Å². The molecule has 0 bridgehead atoms. The molecular weight excluding hydrogens is 528 g/mol. The van der Waals surface area contributed by atoms with E-state index in [-0.39, 0.29) is 29.4 Å². The number of ether oxygens (including phenoxy) is 2. The zero-order valence-corrected chi connectivity index (χ0v) is 22.7. The molecule has 2 aliphatic rings. The molecule has 3 heterocycles.